The lowest BCUT2D eigenvalue weighted by molar-refractivity contribution is 0.534. The average molecular weight is 295 g/mol. The highest BCUT2D eigenvalue weighted by Gasteiger charge is 2.15. The Labute approximate surface area is 105 Å². The fourth-order valence-corrected chi connectivity index (χ4v) is 2.39. The molecule has 3 aromatic rings. The van der Waals surface area contributed by atoms with Crippen molar-refractivity contribution in [2.24, 2.45) is 0 Å². The number of nitrogens with one attached hydrogen (secondary N) is 1. The van der Waals surface area contributed by atoms with Crippen molar-refractivity contribution in [2.45, 2.75) is 6.92 Å². The number of fused-ring (bicyclic) bond motifs is 1. The maximum atomic E-state index is 13.2. The summed E-state index contributed by atoms with van der Waals surface area (Å²) in [5.41, 5.74) is 1.66. The molecule has 0 aliphatic rings. The third-order valence-electron chi connectivity index (χ3n) is 2.58. The summed E-state index contributed by atoms with van der Waals surface area (Å²) in [6, 6.07) is 4.60. The minimum Gasteiger partial charge on any atom is -0.440 e. The zero-order chi connectivity index (χ0) is 12.0. The van der Waals surface area contributed by atoms with Crippen LogP contribution in [0.4, 0.5) is 4.39 Å². The summed E-state index contributed by atoms with van der Waals surface area (Å²) < 4.78 is 19.4. The molecule has 0 radical (unpaired) electrons. The van der Waals surface area contributed by atoms with E-state index in [-0.39, 0.29) is 5.82 Å². The Balaban J connectivity index is 2.30. The summed E-state index contributed by atoms with van der Waals surface area (Å²) in [5.74, 6) is 0.905. The Morgan fingerprint density at radius 3 is 2.94 bits per heavy atom. The lowest BCUT2D eigenvalue weighted by Gasteiger charge is -1.95. The van der Waals surface area contributed by atoms with Crippen molar-refractivity contribution < 1.29 is 8.81 Å². The van der Waals surface area contributed by atoms with Crippen LogP contribution < -0.4 is 0 Å². The molecular weight excluding hydrogens is 287 g/mol. The molecule has 0 aliphatic heterocycles. The minimum absolute atomic E-state index is 0.272. The number of nitrogens with zero attached hydrogens (tertiary/aromatic N) is 1. The van der Waals surface area contributed by atoms with Gasteiger partial charge < -0.3 is 9.40 Å². The van der Waals surface area contributed by atoms with Gasteiger partial charge in [0.25, 0.3) is 0 Å². The van der Waals surface area contributed by atoms with Crippen LogP contribution in [0.5, 0.6) is 0 Å². The first-order valence-electron chi connectivity index (χ1n) is 5.05. The van der Waals surface area contributed by atoms with Gasteiger partial charge in [0.2, 0.25) is 0 Å². The van der Waals surface area contributed by atoms with Gasteiger partial charge in [-0.1, -0.05) is 0 Å². The SMILES string of the molecule is Cc1nc(Br)c(-c2c[nH]c3ccc(F)cc23)o1. The number of rotatable bonds is 1. The van der Waals surface area contributed by atoms with E-state index in [4.69, 9.17) is 4.42 Å². The van der Waals surface area contributed by atoms with Gasteiger partial charge in [0, 0.05) is 29.6 Å². The Morgan fingerprint density at radius 1 is 1.41 bits per heavy atom. The van der Waals surface area contributed by atoms with Gasteiger partial charge in [0.1, 0.15) is 5.82 Å². The standard InChI is InChI=1S/C12H8BrFN2O/c1-6-16-12(13)11(17-6)9-5-15-10-3-2-7(14)4-8(9)10/h2-5,15H,1H3. The molecule has 0 saturated heterocycles. The van der Waals surface area contributed by atoms with Crippen molar-refractivity contribution >= 4 is 26.8 Å². The number of H-pyrrole nitrogens is 1. The molecule has 3 rings (SSSR count). The number of benzene rings is 1. The number of aryl methyl sites for hydroxylation is 1. The minimum atomic E-state index is -0.272. The lowest BCUT2D eigenvalue weighted by atomic mass is 10.1. The zero-order valence-corrected chi connectivity index (χ0v) is 10.5. The summed E-state index contributed by atoms with van der Waals surface area (Å²) in [5, 5.41) is 0.779. The number of oxazole rings is 1. The molecule has 3 nitrogen and oxygen atoms in total. The van der Waals surface area contributed by atoms with Crippen molar-refractivity contribution in [3.05, 3.63) is 40.7 Å². The average Bonchev–Trinajstić information content (AvgIpc) is 2.81. The molecule has 0 spiro atoms. The van der Waals surface area contributed by atoms with Crippen LogP contribution in [-0.4, -0.2) is 9.97 Å². The molecule has 0 aliphatic carbocycles. The lowest BCUT2D eigenvalue weighted by Crippen LogP contribution is -1.76. The second-order valence-corrected chi connectivity index (χ2v) is 4.50. The van der Waals surface area contributed by atoms with Gasteiger partial charge in [0.05, 0.1) is 0 Å². The topological polar surface area (TPSA) is 41.8 Å². The van der Waals surface area contributed by atoms with E-state index in [0.29, 0.717) is 16.3 Å². The molecule has 0 atom stereocenters. The molecule has 1 N–H and O–H groups in total. The van der Waals surface area contributed by atoms with Crippen molar-refractivity contribution in [2.75, 3.05) is 0 Å². The Hall–Kier alpha value is -1.62. The Morgan fingerprint density at radius 2 is 2.24 bits per heavy atom. The van der Waals surface area contributed by atoms with Crippen LogP contribution in [0.1, 0.15) is 5.89 Å². The predicted octanol–water partition coefficient (Wildman–Crippen LogP) is 4.03. The van der Waals surface area contributed by atoms with Crippen LogP contribution in [0.25, 0.3) is 22.2 Å². The molecule has 17 heavy (non-hydrogen) atoms. The van der Waals surface area contributed by atoms with Crippen LogP contribution >= 0.6 is 15.9 Å². The van der Waals surface area contributed by atoms with Crippen LogP contribution in [0.15, 0.2) is 33.4 Å². The van der Waals surface area contributed by atoms with Crippen molar-refractivity contribution in [3.63, 3.8) is 0 Å². The number of hydrogen-bond acceptors (Lipinski definition) is 2. The second-order valence-electron chi connectivity index (χ2n) is 3.75. The van der Waals surface area contributed by atoms with Gasteiger partial charge in [-0.25, -0.2) is 9.37 Å². The first-order chi connectivity index (χ1) is 8.15. The zero-order valence-electron chi connectivity index (χ0n) is 8.92. The number of hydrogen-bond donors (Lipinski definition) is 1. The van der Waals surface area contributed by atoms with Gasteiger partial charge in [-0.15, -0.1) is 0 Å². The highest BCUT2D eigenvalue weighted by Crippen LogP contribution is 2.34. The van der Waals surface area contributed by atoms with Gasteiger partial charge in [-0.3, -0.25) is 0 Å². The molecule has 1 aromatic carbocycles. The van der Waals surface area contributed by atoms with E-state index in [1.165, 1.54) is 12.1 Å². The molecule has 0 bridgehead atoms. The molecular formula is C12H8BrFN2O. The van der Waals surface area contributed by atoms with E-state index in [9.17, 15) is 4.39 Å². The molecule has 2 heterocycles. The quantitative estimate of drug-likeness (QED) is 0.736. The van der Waals surface area contributed by atoms with Gasteiger partial charge >= 0.3 is 0 Å². The highest BCUT2D eigenvalue weighted by molar-refractivity contribution is 9.10. The monoisotopic (exact) mass is 294 g/mol. The summed E-state index contributed by atoms with van der Waals surface area (Å²) in [4.78, 5) is 7.21. The second kappa shape index (κ2) is 3.70. The highest BCUT2D eigenvalue weighted by atomic mass is 79.9. The fourth-order valence-electron chi connectivity index (χ4n) is 1.85. The van der Waals surface area contributed by atoms with E-state index in [0.717, 1.165) is 16.5 Å². The van der Waals surface area contributed by atoms with Crippen LogP contribution in [0.3, 0.4) is 0 Å². The maximum absolute atomic E-state index is 13.2. The molecule has 0 unspecified atom stereocenters. The Bertz CT molecular complexity index is 702. The van der Waals surface area contributed by atoms with E-state index < -0.39 is 0 Å². The summed E-state index contributed by atoms with van der Waals surface area (Å²) in [7, 11) is 0. The van der Waals surface area contributed by atoms with E-state index in [1.807, 2.05) is 0 Å². The number of halogens is 2. The van der Waals surface area contributed by atoms with Gasteiger partial charge in [0.15, 0.2) is 16.3 Å². The van der Waals surface area contributed by atoms with E-state index in [1.54, 1.807) is 19.2 Å². The van der Waals surface area contributed by atoms with Gasteiger partial charge in [-0.05, 0) is 34.1 Å². The maximum Gasteiger partial charge on any atom is 0.192 e. The number of aromatic nitrogens is 2. The summed E-state index contributed by atoms with van der Waals surface area (Å²) >= 11 is 3.33. The van der Waals surface area contributed by atoms with Crippen molar-refractivity contribution in [1.29, 1.82) is 0 Å². The smallest absolute Gasteiger partial charge is 0.192 e. The molecule has 0 fully saturated rings. The van der Waals surface area contributed by atoms with Gasteiger partial charge in [-0.2, -0.15) is 0 Å². The van der Waals surface area contributed by atoms with Crippen LogP contribution in [0.2, 0.25) is 0 Å². The van der Waals surface area contributed by atoms with Crippen LogP contribution in [-0.2, 0) is 0 Å². The van der Waals surface area contributed by atoms with Crippen LogP contribution in [0, 0.1) is 12.7 Å². The largest absolute Gasteiger partial charge is 0.440 e. The fraction of sp³-hybridized carbons (Fsp3) is 0.0833. The third kappa shape index (κ3) is 1.67. The molecule has 5 heteroatoms. The molecule has 86 valence electrons. The first kappa shape index (κ1) is 10.5. The number of aromatic amines is 1. The molecule has 0 saturated carbocycles. The summed E-state index contributed by atoms with van der Waals surface area (Å²) in [6.07, 6.45) is 1.79. The molecule has 0 amide bonds. The van der Waals surface area contributed by atoms with E-state index >= 15 is 0 Å². The van der Waals surface area contributed by atoms with E-state index in [2.05, 4.69) is 25.9 Å². The normalized spacial score (nSPS) is 11.2. The summed E-state index contributed by atoms with van der Waals surface area (Å²) in [6.45, 7) is 1.77. The third-order valence-corrected chi connectivity index (χ3v) is 3.12. The van der Waals surface area contributed by atoms with Crippen molar-refractivity contribution in [3.8, 4) is 11.3 Å². The predicted molar refractivity (Wildman–Crippen MR) is 66.2 cm³/mol. The Kier molecular flexibility index (Phi) is 2.29. The molecule has 2 aromatic heterocycles. The first-order valence-corrected chi connectivity index (χ1v) is 5.84. The van der Waals surface area contributed by atoms with Crippen molar-refractivity contribution in [1.82, 2.24) is 9.97 Å².